The number of fused-ring (bicyclic) bond motifs is 1. The molecule has 2 N–H and O–H groups in total. The maximum absolute atomic E-state index is 13.6. The van der Waals surface area contributed by atoms with Crippen LogP contribution in [-0.2, 0) is 16.9 Å². The lowest BCUT2D eigenvalue weighted by atomic mass is 9.81. The lowest BCUT2D eigenvalue weighted by molar-refractivity contribution is -0.0140. The zero-order valence-corrected chi connectivity index (χ0v) is 20.4. The number of halogens is 2. The average molecular weight is 496 g/mol. The van der Waals surface area contributed by atoms with Gasteiger partial charge in [-0.25, -0.2) is 4.39 Å². The van der Waals surface area contributed by atoms with Crippen LogP contribution in [0.4, 0.5) is 4.39 Å². The molecule has 3 aromatic carbocycles. The minimum absolute atomic E-state index is 0.303. The standard InChI is InChI=1S/C27H27ClFN3O3/c1-32(2)14-4-13-27(21-8-10-23(29)11-9-21)24-12-7-19(15-20(24)17-35-27)26(34)31-30-25(33)18-5-3-6-22(28)16-18/h3,5-12,15-16H,4,13-14,17H2,1-2H3,(H,30,33)(H,31,34). The van der Waals surface area contributed by atoms with Crippen LogP contribution in [0, 0.1) is 5.82 Å². The van der Waals surface area contributed by atoms with Gasteiger partial charge >= 0.3 is 0 Å². The summed E-state index contributed by atoms with van der Waals surface area (Å²) in [4.78, 5) is 27.1. The molecule has 0 saturated carbocycles. The molecule has 182 valence electrons. The number of rotatable bonds is 7. The van der Waals surface area contributed by atoms with Crippen molar-refractivity contribution in [2.24, 2.45) is 0 Å². The third kappa shape index (κ3) is 5.53. The maximum atomic E-state index is 13.6. The molecule has 4 rings (SSSR count). The Kier molecular flexibility index (Phi) is 7.50. The number of carbonyl (C=O) groups is 2. The predicted octanol–water partition coefficient (Wildman–Crippen LogP) is 4.67. The van der Waals surface area contributed by atoms with Crippen LogP contribution in [-0.4, -0.2) is 37.4 Å². The molecule has 0 bridgehead atoms. The normalized spacial score (nSPS) is 16.7. The minimum Gasteiger partial charge on any atom is -0.361 e. The fourth-order valence-electron chi connectivity index (χ4n) is 4.37. The molecule has 1 aliphatic rings. The Labute approximate surface area is 209 Å². The molecule has 0 radical (unpaired) electrons. The van der Waals surface area contributed by atoms with E-state index in [1.807, 2.05) is 20.2 Å². The van der Waals surface area contributed by atoms with Gasteiger partial charge in [0.05, 0.1) is 6.61 Å². The van der Waals surface area contributed by atoms with Gasteiger partial charge in [-0.1, -0.05) is 35.9 Å². The highest BCUT2D eigenvalue weighted by Gasteiger charge is 2.41. The summed E-state index contributed by atoms with van der Waals surface area (Å²) in [6.45, 7) is 1.21. The third-order valence-corrected chi connectivity index (χ3v) is 6.33. The van der Waals surface area contributed by atoms with Crippen molar-refractivity contribution in [3.8, 4) is 0 Å². The topological polar surface area (TPSA) is 70.7 Å². The summed E-state index contributed by atoms with van der Waals surface area (Å²) in [5.41, 5.74) is 7.59. The van der Waals surface area contributed by atoms with Crippen LogP contribution in [0.3, 0.4) is 0 Å². The number of benzene rings is 3. The van der Waals surface area contributed by atoms with Crippen molar-refractivity contribution in [1.29, 1.82) is 0 Å². The zero-order valence-electron chi connectivity index (χ0n) is 19.6. The van der Waals surface area contributed by atoms with E-state index >= 15 is 0 Å². The second-order valence-corrected chi connectivity index (χ2v) is 9.26. The first-order valence-corrected chi connectivity index (χ1v) is 11.7. The summed E-state index contributed by atoms with van der Waals surface area (Å²) in [5, 5.41) is 0.429. The Bertz CT molecular complexity index is 1230. The van der Waals surface area contributed by atoms with Crippen LogP contribution in [0.5, 0.6) is 0 Å². The Hall–Kier alpha value is -3.26. The lowest BCUT2D eigenvalue weighted by Crippen LogP contribution is -2.41. The van der Waals surface area contributed by atoms with E-state index in [-0.39, 0.29) is 5.82 Å². The van der Waals surface area contributed by atoms with Crippen molar-refractivity contribution in [1.82, 2.24) is 15.8 Å². The quantitative estimate of drug-likeness (QED) is 0.467. The molecule has 1 atom stereocenters. The van der Waals surface area contributed by atoms with Crippen LogP contribution in [0.1, 0.15) is 50.2 Å². The van der Waals surface area contributed by atoms with Gasteiger partial charge in [0.25, 0.3) is 11.8 Å². The van der Waals surface area contributed by atoms with E-state index < -0.39 is 17.4 Å². The molecule has 8 heteroatoms. The smallest absolute Gasteiger partial charge is 0.269 e. The monoisotopic (exact) mass is 495 g/mol. The predicted molar refractivity (Wildman–Crippen MR) is 133 cm³/mol. The van der Waals surface area contributed by atoms with E-state index in [4.69, 9.17) is 16.3 Å². The van der Waals surface area contributed by atoms with E-state index in [0.717, 1.165) is 29.7 Å². The van der Waals surface area contributed by atoms with Crippen molar-refractivity contribution in [3.05, 3.63) is 105 Å². The van der Waals surface area contributed by atoms with Gasteiger partial charge in [0.2, 0.25) is 0 Å². The fraction of sp³-hybridized carbons (Fsp3) is 0.259. The van der Waals surface area contributed by atoms with Gasteiger partial charge in [-0.2, -0.15) is 0 Å². The summed E-state index contributed by atoms with van der Waals surface area (Å²) >= 11 is 5.92. The molecule has 1 unspecified atom stereocenters. The van der Waals surface area contributed by atoms with Crippen molar-refractivity contribution in [2.75, 3.05) is 20.6 Å². The molecule has 2 amide bonds. The van der Waals surface area contributed by atoms with Crippen LogP contribution in [0.15, 0.2) is 66.7 Å². The summed E-state index contributed by atoms with van der Waals surface area (Å²) in [7, 11) is 4.04. The van der Waals surface area contributed by atoms with Gasteiger partial charge in [-0.3, -0.25) is 20.4 Å². The number of amides is 2. The number of carbonyl (C=O) groups excluding carboxylic acids is 2. The number of nitrogens with one attached hydrogen (secondary N) is 2. The molecule has 0 fully saturated rings. The molecule has 0 spiro atoms. The second kappa shape index (κ2) is 10.6. The SMILES string of the molecule is CN(C)CCCC1(c2ccc(F)cc2)OCc2cc(C(=O)NNC(=O)c3cccc(Cl)c3)ccc21. The first kappa shape index (κ1) is 24.9. The van der Waals surface area contributed by atoms with Crippen molar-refractivity contribution < 1.29 is 18.7 Å². The highest BCUT2D eigenvalue weighted by molar-refractivity contribution is 6.31. The van der Waals surface area contributed by atoms with Gasteiger partial charge < -0.3 is 9.64 Å². The average Bonchev–Trinajstić information content (AvgIpc) is 3.21. The molecule has 1 heterocycles. The Morgan fingerprint density at radius 1 is 1.00 bits per heavy atom. The number of hydrazine groups is 1. The molecule has 35 heavy (non-hydrogen) atoms. The number of hydrogen-bond donors (Lipinski definition) is 2. The Morgan fingerprint density at radius 3 is 2.34 bits per heavy atom. The van der Waals surface area contributed by atoms with Gasteiger partial charge in [0.15, 0.2) is 0 Å². The number of nitrogens with zero attached hydrogens (tertiary/aromatic N) is 1. The fourth-order valence-corrected chi connectivity index (χ4v) is 4.56. The summed E-state index contributed by atoms with van der Waals surface area (Å²) in [5.74, 6) is -1.22. The first-order chi connectivity index (χ1) is 16.8. The molecule has 6 nitrogen and oxygen atoms in total. The van der Waals surface area contributed by atoms with Crippen LogP contribution in [0.25, 0.3) is 0 Å². The second-order valence-electron chi connectivity index (χ2n) is 8.82. The van der Waals surface area contributed by atoms with Crippen LogP contribution in [0.2, 0.25) is 5.02 Å². The molecular weight excluding hydrogens is 469 g/mol. The van der Waals surface area contributed by atoms with Gasteiger partial charge in [0.1, 0.15) is 11.4 Å². The largest absolute Gasteiger partial charge is 0.361 e. The van der Waals surface area contributed by atoms with Crippen molar-refractivity contribution >= 4 is 23.4 Å². The Balaban J connectivity index is 1.53. The molecular formula is C27H27ClFN3O3. The van der Waals surface area contributed by atoms with Gasteiger partial charge in [-0.15, -0.1) is 0 Å². The van der Waals surface area contributed by atoms with Crippen molar-refractivity contribution in [2.45, 2.75) is 25.0 Å². The van der Waals surface area contributed by atoms with Crippen molar-refractivity contribution in [3.63, 3.8) is 0 Å². The Morgan fingerprint density at radius 2 is 1.69 bits per heavy atom. The minimum atomic E-state index is -0.713. The highest BCUT2D eigenvalue weighted by Crippen LogP contribution is 2.45. The molecule has 0 saturated heterocycles. The van der Waals surface area contributed by atoms with E-state index in [0.29, 0.717) is 29.2 Å². The van der Waals surface area contributed by atoms with Crippen LogP contribution >= 0.6 is 11.6 Å². The highest BCUT2D eigenvalue weighted by atomic mass is 35.5. The molecule has 0 aromatic heterocycles. The molecule has 0 aliphatic carbocycles. The zero-order chi connectivity index (χ0) is 25.0. The first-order valence-electron chi connectivity index (χ1n) is 11.3. The molecule has 1 aliphatic heterocycles. The maximum Gasteiger partial charge on any atom is 0.269 e. The van der Waals surface area contributed by atoms with E-state index in [2.05, 4.69) is 15.8 Å². The molecule has 3 aromatic rings. The van der Waals surface area contributed by atoms with E-state index in [1.165, 1.54) is 18.2 Å². The number of ether oxygens (including phenoxy) is 1. The van der Waals surface area contributed by atoms with Gasteiger partial charge in [-0.05, 0) is 92.6 Å². The summed E-state index contributed by atoms with van der Waals surface area (Å²) in [6, 6.07) is 18.2. The summed E-state index contributed by atoms with van der Waals surface area (Å²) in [6.07, 6.45) is 1.59. The lowest BCUT2D eigenvalue weighted by Gasteiger charge is -2.31. The van der Waals surface area contributed by atoms with E-state index in [9.17, 15) is 14.0 Å². The van der Waals surface area contributed by atoms with E-state index in [1.54, 1.807) is 42.5 Å². The summed E-state index contributed by atoms with van der Waals surface area (Å²) < 4.78 is 20.0. The van der Waals surface area contributed by atoms with Gasteiger partial charge in [0, 0.05) is 16.1 Å². The third-order valence-electron chi connectivity index (χ3n) is 6.10. The van der Waals surface area contributed by atoms with Crippen LogP contribution < -0.4 is 10.9 Å². The number of hydrogen-bond acceptors (Lipinski definition) is 4.